The van der Waals surface area contributed by atoms with Gasteiger partial charge in [-0.15, -0.1) is 0 Å². The van der Waals surface area contributed by atoms with Crippen LogP contribution in [0.15, 0.2) is 18.2 Å². The lowest BCUT2D eigenvalue weighted by Gasteiger charge is -2.29. The number of nitrogens with zero attached hydrogens (tertiary/aromatic N) is 1. The Hall–Kier alpha value is -2.25. The largest absolute Gasteiger partial charge is 0.329 e. The number of rotatable bonds is 5. The fourth-order valence-corrected chi connectivity index (χ4v) is 3.07. The molecule has 7 heteroatoms. The number of imide groups is 1. The molecule has 2 heterocycles. The van der Waals surface area contributed by atoms with Crippen LogP contribution in [0.1, 0.15) is 34.3 Å². The van der Waals surface area contributed by atoms with Crippen LogP contribution in [0.3, 0.4) is 0 Å². The van der Waals surface area contributed by atoms with E-state index in [0.29, 0.717) is 31.6 Å². The number of fused-ring (bicyclic) bond motifs is 1. The van der Waals surface area contributed by atoms with Crippen molar-refractivity contribution in [1.29, 1.82) is 0 Å². The Balaban J connectivity index is 1.73. The Kier molecular flexibility index (Phi) is 4.40. The number of hydrogen-bond acceptors (Lipinski definition) is 5. The molecule has 1 aromatic rings. The van der Waals surface area contributed by atoms with Crippen LogP contribution in [0.5, 0.6) is 0 Å². The smallest absolute Gasteiger partial charge is 0.255 e. The second kappa shape index (κ2) is 6.47. The van der Waals surface area contributed by atoms with Crippen molar-refractivity contribution >= 4 is 17.7 Å². The van der Waals surface area contributed by atoms with Crippen molar-refractivity contribution in [2.24, 2.45) is 5.73 Å². The third kappa shape index (κ3) is 3.11. The number of carbonyl (C=O) groups excluding carboxylic acids is 3. The van der Waals surface area contributed by atoms with E-state index < -0.39 is 6.04 Å². The zero-order chi connectivity index (χ0) is 16.4. The highest BCUT2D eigenvalue weighted by Crippen LogP contribution is 2.28. The Bertz CT molecular complexity index is 659. The molecular formula is C16H20N4O3. The van der Waals surface area contributed by atoms with E-state index in [0.717, 1.165) is 17.7 Å². The number of amides is 3. The van der Waals surface area contributed by atoms with Crippen LogP contribution in [-0.2, 0) is 22.7 Å². The van der Waals surface area contributed by atoms with E-state index in [9.17, 15) is 14.4 Å². The Morgan fingerprint density at radius 1 is 1.30 bits per heavy atom. The molecule has 4 N–H and O–H groups in total. The summed E-state index contributed by atoms with van der Waals surface area (Å²) in [5, 5.41) is 5.52. The molecule has 1 atom stereocenters. The molecule has 3 amide bonds. The van der Waals surface area contributed by atoms with E-state index >= 15 is 0 Å². The van der Waals surface area contributed by atoms with Gasteiger partial charge in [-0.2, -0.15) is 0 Å². The summed E-state index contributed by atoms with van der Waals surface area (Å²) in [5.74, 6) is -0.799. The number of piperidine rings is 1. The van der Waals surface area contributed by atoms with Gasteiger partial charge in [0, 0.05) is 38.2 Å². The summed E-state index contributed by atoms with van der Waals surface area (Å²) in [6, 6.07) is 5.14. The maximum atomic E-state index is 12.5. The van der Waals surface area contributed by atoms with Crippen molar-refractivity contribution in [2.75, 3.05) is 13.1 Å². The van der Waals surface area contributed by atoms with Crippen molar-refractivity contribution < 1.29 is 14.4 Å². The van der Waals surface area contributed by atoms with E-state index in [4.69, 9.17) is 5.73 Å². The molecule has 0 aromatic heterocycles. The fourth-order valence-electron chi connectivity index (χ4n) is 3.07. The monoisotopic (exact) mass is 316 g/mol. The predicted octanol–water partition coefficient (Wildman–Crippen LogP) is -0.504. The maximum Gasteiger partial charge on any atom is 0.255 e. The third-order valence-corrected chi connectivity index (χ3v) is 4.24. The summed E-state index contributed by atoms with van der Waals surface area (Å²) >= 11 is 0. The van der Waals surface area contributed by atoms with Gasteiger partial charge in [0.15, 0.2) is 0 Å². The lowest BCUT2D eigenvalue weighted by molar-refractivity contribution is -0.136. The van der Waals surface area contributed by atoms with Gasteiger partial charge in [-0.1, -0.05) is 12.1 Å². The molecule has 23 heavy (non-hydrogen) atoms. The van der Waals surface area contributed by atoms with Crippen molar-refractivity contribution in [2.45, 2.75) is 32.0 Å². The molecule has 122 valence electrons. The second-order valence-corrected chi connectivity index (χ2v) is 5.86. The second-order valence-electron chi connectivity index (χ2n) is 5.86. The summed E-state index contributed by atoms with van der Waals surface area (Å²) in [6.45, 7) is 2.41. The molecule has 0 bridgehead atoms. The Labute approximate surface area is 134 Å². The zero-order valence-corrected chi connectivity index (χ0v) is 12.8. The summed E-state index contributed by atoms with van der Waals surface area (Å²) in [4.78, 5) is 37.3. The van der Waals surface area contributed by atoms with Crippen LogP contribution in [0.2, 0.25) is 0 Å². The molecule has 0 saturated carbocycles. The van der Waals surface area contributed by atoms with Gasteiger partial charge < -0.3 is 16.0 Å². The normalized spacial score (nSPS) is 20.7. The standard InChI is InChI=1S/C16H20N4O3/c17-5-6-18-8-10-1-2-12-11(7-10)9-20(16(12)23)13-3-4-14(21)19-15(13)22/h1-2,7,13,18H,3-6,8-9,17H2,(H,19,21,22). The van der Waals surface area contributed by atoms with Gasteiger partial charge in [0.1, 0.15) is 6.04 Å². The highest BCUT2D eigenvalue weighted by molar-refractivity contribution is 6.05. The zero-order valence-electron chi connectivity index (χ0n) is 12.8. The summed E-state index contributed by atoms with van der Waals surface area (Å²) in [7, 11) is 0. The molecule has 1 saturated heterocycles. The van der Waals surface area contributed by atoms with Crippen LogP contribution in [0.25, 0.3) is 0 Å². The summed E-state index contributed by atoms with van der Waals surface area (Å²) in [5.41, 5.74) is 8.09. The average molecular weight is 316 g/mol. The van der Waals surface area contributed by atoms with Gasteiger partial charge >= 0.3 is 0 Å². The summed E-state index contributed by atoms with van der Waals surface area (Å²) in [6.07, 6.45) is 0.653. The number of benzene rings is 1. The van der Waals surface area contributed by atoms with E-state index in [1.807, 2.05) is 18.2 Å². The van der Waals surface area contributed by atoms with Crippen molar-refractivity contribution in [1.82, 2.24) is 15.5 Å². The maximum absolute atomic E-state index is 12.5. The highest BCUT2D eigenvalue weighted by Gasteiger charge is 2.38. The van der Waals surface area contributed by atoms with Crippen molar-refractivity contribution in [3.8, 4) is 0 Å². The molecule has 0 spiro atoms. The molecule has 1 fully saturated rings. The first-order valence-corrected chi connectivity index (χ1v) is 7.77. The minimum atomic E-state index is -0.564. The minimum Gasteiger partial charge on any atom is -0.329 e. The van der Waals surface area contributed by atoms with Gasteiger partial charge in [0.2, 0.25) is 11.8 Å². The van der Waals surface area contributed by atoms with Crippen LogP contribution in [-0.4, -0.2) is 41.8 Å². The van der Waals surface area contributed by atoms with Crippen LogP contribution >= 0.6 is 0 Å². The van der Waals surface area contributed by atoms with E-state index in [1.165, 1.54) is 0 Å². The van der Waals surface area contributed by atoms with Crippen LogP contribution in [0.4, 0.5) is 0 Å². The minimum absolute atomic E-state index is 0.143. The van der Waals surface area contributed by atoms with Crippen LogP contribution < -0.4 is 16.4 Å². The van der Waals surface area contributed by atoms with E-state index in [1.54, 1.807) is 4.90 Å². The molecule has 0 radical (unpaired) electrons. The van der Waals surface area contributed by atoms with Crippen molar-refractivity contribution in [3.05, 3.63) is 34.9 Å². The molecule has 7 nitrogen and oxygen atoms in total. The van der Waals surface area contributed by atoms with Crippen LogP contribution in [0, 0.1) is 0 Å². The predicted molar refractivity (Wildman–Crippen MR) is 83.2 cm³/mol. The molecule has 2 aliphatic rings. The Morgan fingerprint density at radius 3 is 2.87 bits per heavy atom. The molecular weight excluding hydrogens is 296 g/mol. The third-order valence-electron chi connectivity index (χ3n) is 4.24. The van der Waals surface area contributed by atoms with Gasteiger partial charge in [-0.3, -0.25) is 19.7 Å². The summed E-state index contributed by atoms with van der Waals surface area (Å²) < 4.78 is 0. The molecule has 0 aliphatic carbocycles. The first-order chi connectivity index (χ1) is 11.1. The highest BCUT2D eigenvalue weighted by atomic mass is 16.2. The lowest BCUT2D eigenvalue weighted by Crippen LogP contribution is -2.52. The van der Waals surface area contributed by atoms with Gasteiger partial charge in [0.05, 0.1) is 0 Å². The van der Waals surface area contributed by atoms with Crippen molar-refractivity contribution in [3.63, 3.8) is 0 Å². The topological polar surface area (TPSA) is 105 Å². The quantitative estimate of drug-likeness (QED) is 0.501. The Morgan fingerprint density at radius 2 is 2.13 bits per heavy atom. The molecule has 1 aromatic carbocycles. The van der Waals surface area contributed by atoms with E-state index in [2.05, 4.69) is 10.6 Å². The lowest BCUT2D eigenvalue weighted by atomic mass is 10.0. The SMILES string of the molecule is NCCNCc1ccc2c(c1)CN(C1CCC(=O)NC1=O)C2=O. The number of hydrogen-bond donors (Lipinski definition) is 3. The number of nitrogens with two attached hydrogens (primary N) is 1. The molecule has 1 unspecified atom stereocenters. The van der Waals surface area contributed by atoms with Gasteiger partial charge in [0.25, 0.3) is 5.91 Å². The van der Waals surface area contributed by atoms with E-state index in [-0.39, 0.29) is 24.1 Å². The van der Waals surface area contributed by atoms with Gasteiger partial charge in [-0.05, 0) is 23.6 Å². The molecule has 2 aliphatic heterocycles. The molecule has 3 rings (SSSR count). The number of nitrogens with one attached hydrogen (secondary N) is 2. The average Bonchev–Trinajstić information content (AvgIpc) is 2.84. The number of carbonyl (C=O) groups is 3. The fraction of sp³-hybridized carbons (Fsp3) is 0.438. The first kappa shape index (κ1) is 15.6. The first-order valence-electron chi connectivity index (χ1n) is 7.77. The van der Waals surface area contributed by atoms with Gasteiger partial charge in [-0.25, -0.2) is 0 Å².